The molecule has 1 aliphatic heterocycles. The average molecular weight is 472 g/mol. The number of nitrogens with one attached hydrogen (secondary N) is 1. The second-order valence-electron chi connectivity index (χ2n) is 7.48. The van der Waals surface area contributed by atoms with Gasteiger partial charge in [0.05, 0.1) is 17.2 Å². The summed E-state index contributed by atoms with van der Waals surface area (Å²) in [5.41, 5.74) is 3.90. The van der Waals surface area contributed by atoms with Crippen molar-refractivity contribution in [2.75, 3.05) is 25.0 Å². The quantitative estimate of drug-likeness (QED) is 0.554. The van der Waals surface area contributed by atoms with Crippen molar-refractivity contribution in [2.45, 2.75) is 32.1 Å². The van der Waals surface area contributed by atoms with Crippen LogP contribution in [-0.4, -0.2) is 43.3 Å². The van der Waals surface area contributed by atoms with Crippen LogP contribution in [0.25, 0.3) is 11.3 Å². The number of hydrogen-bond donors (Lipinski definition) is 1. The molecular formula is C23H25N3O4S2. The Morgan fingerprint density at radius 1 is 1.19 bits per heavy atom. The summed E-state index contributed by atoms with van der Waals surface area (Å²) in [6.45, 7) is 6.78. The summed E-state index contributed by atoms with van der Waals surface area (Å²) in [5.74, 6) is 0.523. The van der Waals surface area contributed by atoms with Gasteiger partial charge in [0.15, 0.2) is 5.13 Å². The molecule has 4 rings (SSSR count). The molecule has 0 unspecified atom stereocenters. The molecule has 0 spiro atoms. The number of hydrogen-bond acceptors (Lipinski definition) is 6. The van der Waals surface area contributed by atoms with Gasteiger partial charge in [-0.3, -0.25) is 10.1 Å². The third kappa shape index (κ3) is 4.28. The van der Waals surface area contributed by atoms with Gasteiger partial charge in [0.25, 0.3) is 5.91 Å². The van der Waals surface area contributed by atoms with Crippen molar-refractivity contribution in [1.82, 2.24) is 9.29 Å². The normalized spacial score (nSPS) is 13.1. The molecular weight excluding hydrogens is 446 g/mol. The van der Waals surface area contributed by atoms with Gasteiger partial charge < -0.3 is 4.74 Å². The van der Waals surface area contributed by atoms with Crippen LogP contribution in [0, 0.1) is 6.92 Å². The zero-order chi connectivity index (χ0) is 22.9. The molecule has 0 fully saturated rings. The largest absolute Gasteiger partial charge is 0.493 e. The first-order valence-electron chi connectivity index (χ1n) is 10.5. The lowest BCUT2D eigenvalue weighted by Gasteiger charge is -2.19. The Bertz CT molecular complexity index is 1260. The fourth-order valence-corrected chi connectivity index (χ4v) is 5.89. The Labute approximate surface area is 192 Å². The van der Waals surface area contributed by atoms with Crippen LogP contribution in [0.4, 0.5) is 5.13 Å². The fraction of sp³-hybridized carbons (Fsp3) is 0.304. The number of thiazole rings is 1. The molecule has 1 N–H and O–H groups in total. The van der Waals surface area contributed by atoms with Crippen molar-refractivity contribution >= 4 is 32.4 Å². The van der Waals surface area contributed by atoms with Crippen LogP contribution in [-0.2, 0) is 16.4 Å². The molecule has 0 saturated heterocycles. The zero-order valence-electron chi connectivity index (χ0n) is 18.2. The van der Waals surface area contributed by atoms with Crippen LogP contribution in [0.15, 0.2) is 46.7 Å². The number of fused-ring (bicyclic) bond motifs is 1. The van der Waals surface area contributed by atoms with Crippen molar-refractivity contribution in [3.63, 3.8) is 0 Å². The van der Waals surface area contributed by atoms with E-state index in [0.717, 1.165) is 29.0 Å². The molecule has 3 aromatic rings. The molecule has 2 heterocycles. The van der Waals surface area contributed by atoms with Crippen molar-refractivity contribution in [3.8, 4) is 17.0 Å². The number of nitrogens with zero attached hydrogens (tertiary/aromatic N) is 2. The van der Waals surface area contributed by atoms with Crippen LogP contribution in [0.2, 0.25) is 0 Å². The topological polar surface area (TPSA) is 88.6 Å². The van der Waals surface area contributed by atoms with Crippen molar-refractivity contribution < 1.29 is 17.9 Å². The number of rotatable bonds is 7. The number of carbonyl (C=O) groups excluding carboxylic acids is 1. The number of aromatic nitrogens is 1. The van der Waals surface area contributed by atoms with E-state index in [1.807, 2.05) is 17.5 Å². The lowest BCUT2D eigenvalue weighted by atomic mass is 10.1. The van der Waals surface area contributed by atoms with Crippen LogP contribution in [0.1, 0.15) is 35.3 Å². The first-order valence-corrected chi connectivity index (χ1v) is 12.8. The summed E-state index contributed by atoms with van der Waals surface area (Å²) < 4.78 is 32.6. The molecule has 0 bridgehead atoms. The SMILES string of the molecule is CCN(CC)S(=O)(=O)c1ccc(C)c(C(=O)Nc2nc(-c3ccc4c(c3)CCO4)cs2)c1. The standard InChI is InChI=1S/C23H25N3O4S2/c1-4-26(5-2)32(28,29)18-8-6-15(3)19(13-18)22(27)25-23-24-20(14-31-23)16-7-9-21-17(12-16)10-11-30-21/h6-9,12-14H,4-5,10-11H2,1-3H3,(H,24,25,27). The molecule has 1 aromatic heterocycles. The summed E-state index contributed by atoms with van der Waals surface area (Å²) in [6.07, 6.45) is 0.878. The Balaban J connectivity index is 1.56. The third-order valence-electron chi connectivity index (χ3n) is 5.51. The van der Waals surface area contributed by atoms with Crippen LogP contribution < -0.4 is 10.1 Å². The second kappa shape index (κ2) is 9.01. The molecule has 0 radical (unpaired) electrons. The highest BCUT2D eigenvalue weighted by Crippen LogP contribution is 2.32. The number of benzene rings is 2. The zero-order valence-corrected chi connectivity index (χ0v) is 19.8. The van der Waals surface area contributed by atoms with Crippen LogP contribution >= 0.6 is 11.3 Å². The van der Waals surface area contributed by atoms with E-state index in [1.54, 1.807) is 32.9 Å². The summed E-state index contributed by atoms with van der Waals surface area (Å²) in [7, 11) is -3.65. The van der Waals surface area contributed by atoms with Crippen LogP contribution in [0.5, 0.6) is 5.75 Å². The highest BCUT2D eigenvalue weighted by atomic mass is 32.2. The van der Waals surface area contributed by atoms with Gasteiger partial charge in [0.2, 0.25) is 10.0 Å². The van der Waals surface area contributed by atoms with Gasteiger partial charge in [-0.1, -0.05) is 19.9 Å². The Hall–Kier alpha value is -2.75. The smallest absolute Gasteiger partial charge is 0.257 e. The molecule has 2 aromatic carbocycles. The van der Waals surface area contributed by atoms with Gasteiger partial charge in [0.1, 0.15) is 5.75 Å². The molecule has 1 amide bonds. The molecule has 32 heavy (non-hydrogen) atoms. The first-order chi connectivity index (χ1) is 15.3. The summed E-state index contributed by atoms with van der Waals surface area (Å²) in [6, 6.07) is 10.6. The van der Waals surface area contributed by atoms with Gasteiger partial charge in [-0.05, 0) is 48.4 Å². The first kappa shape index (κ1) is 22.4. The van der Waals surface area contributed by atoms with Gasteiger partial charge >= 0.3 is 0 Å². The molecule has 168 valence electrons. The maximum atomic E-state index is 13.0. The maximum absolute atomic E-state index is 13.0. The number of carbonyl (C=O) groups is 1. The molecule has 0 atom stereocenters. The van der Waals surface area contributed by atoms with E-state index in [4.69, 9.17) is 4.74 Å². The van der Waals surface area contributed by atoms with Gasteiger partial charge in [-0.25, -0.2) is 13.4 Å². The highest BCUT2D eigenvalue weighted by molar-refractivity contribution is 7.89. The van der Waals surface area contributed by atoms with E-state index in [2.05, 4.69) is 16.4 Å². The predicted molar refractivity (Wildman–Crippen MR) is 126 cm³/mol. The number of aryl methyl sites for hydroxylation is 1. The maximum Gasteiger partial charge on any atom is 0.257 e. The van der Waals surface area contributed by atoms with E-state index < -0.39 is 10.0 Å². The molecule has 7 nitrogen and oxygen atoms in total. The molecule has 0 aliphatic carbocycles. The Morgan fingerprint density at radius 3 is 2.72 bits per heavy atom. The number of sulfonamides is 1. The molecule has 0 saturated carbocycles. The van der Waals surface area contributed by atoms with E-state index in [9.17, 15) is 13.2 Å². The lowest BCUT2D eigenvalue weighted by molar-refractivity contribution is 0.102. The number of ether oxygens (including phenoxy) is 1. The summed E-state index contributed by atoms with van der Waals surface area (Å²) >= 11 is 1.33. The average Bonchev–Trinajstić information content (AvgIpc) is 3.43. The number of amides is 1. The fourth-order valence-electron chi connectivity index (χ4n) is 3.69. The van der Waals surface area contributed by atoms with Gasteiger partial charge in [0, 0.05) is 36.0 Å². The van der Waals surface area contributed by atoms with Crippen molar-refractivity contribution in [1.29, 1.82) is 0 Å². The third-order valence-corrected chi connectivity index (χ3v) is 8.31. The Kier molecular flexibility index (Phi) is 6.32. The van der Waals surface area contributed by atoms with E-state index in [1.165, 1.54) is 21.7 Å². The Morgan fingerprint density at radius 2 is 1.97 bits per heavy atom. The van der Waals surface area contributed by atoms with Gasteiger partial charge in [-0.2, -0.15) is 4.31 Å². The minimum absolute atomic E-state index is 0.108. The molecule has 1 aliphatic rings. The van der Waals surface area contributed by atoms with E-state index >= 15 is 0 Å². The van der Waals surface area contributed by atoms with Crippen molar-refractivity contribution in [3.05, 3.63) is 58.5 Å². The van der Waals surface area contributed by atoms with Crippen molar-refractivity contribution in [2.24, 2.45) is 0 Å². The molecule has 9 heteroatoms. The monoisotopic (exact) mass is 471 g/mol. The van der Waals surface area contributed by atoms with Gasteiger partial charge in [-0.15, -0.1) is 11.3 Å². The van der Waals surface area contributed by atoms with Crippen LogP contribution in [0.3, 0.4) is 0 Å². The number of anilines is 1. The highest BCUT2D eigenvalue weighted by Gasteiger charge is 2.24. The lowest BCUT2D eigenvalue weighted by Crippen LogP contribution is -2.30. The minimum atomic E-state index is -3.65. The van der Waals surface area contributed by atoms with E-state index in [-0.39, 0.29) is 10.8 Å². The summed E-state index contributed by atoms with van der Waals surface area (Å²) in [5, 5.41) is 5.16. The predicted octanol–water partition coefficient (Wildman–Crippen LogP) is 4.34. The van der Waals surface area contributed by atoms with E-state index in [0.29, 0.717) is 36.0 Å². The minimum Gasteiger partial charge on any atom is -0.493 e. The second-order valence-corrected chi connectivity index (χ2v) is 10.3. The summed E-state index contributed by atoms with van der Waals surface area (Å²) in [4.78, 5) is 17.6.